The smallest absolute Gasteiger partial charge is 0.252 e. The fourth-order valence-electron chi connectivity index (χ4n) is 2.82. The number of pyridine rings is 1. The maximum Gasteiger partial charge on any atom is 0.252 e. The zero-order chi connectivity index (χ0) is 15.0. The summed E-state index contributed by atoms with van der Waals surface area (Å²) in [5.41, 5.74) is 15.6. The zero-order valence-electron chi connectivity index (χ0n) is 12.0. The Balaban J connectivity index is 2.13. The largest absolute Gasteiger partial charge is 0.397 e. The lowest BCUT2D eigenvalue weighted by Gasteiger charge is -2.31. The van der Waals surface area contributed by atoms with Gasteiger partial charge in [0.05, 0.1) is 17.4 Å². The topological polar surface area (TPSA) is 85.2 Å². The number of anilines is 3. The number of hydrogen-bond acceptors (Lipinski definition) is 4. The Bertz CT molecular complexity index is 711. The molecule has 0 spiro atoms. The van der Waals surface area contributed by atoms with E-state index >= 15 is 0 Å². The molecule has 1 amide bonds. The summed E-state index contributed by atoms with van der Waals surface area (Å²) in [5, 5.41) is 0. The van der Waals surface area contributed by atoms with Crippen molar-refractivity contribution in [3.63, 3.8) is 0 Å². The van der Waals surface area contributed by atoms with Gasteiger partial charge in [0.2, 0.25) is 0 Å². The number of amides is 1. The van der Waals surface area contributed by atoms with Gasteiger partial charge in [-0.1, -0.05) is 17.7 Å². The van der Waals surface area contributed by atoms with Crippen LogP contribution in [-0.2, 0) is 6.42 Å². The van der Waals surface area contributed by atoms with Crippen molar-refractivity contribution >= 4 is 23.1 Å². The number of aryl methyl sites for hydroxylation is 2. The quantitative estimate of drug-likeness (QED) is 0.883. The van der Waals surface area contributed by atoms with Crippen LogP contribution >= 0.6 is 0 Å². The van der Waals surface area contributed by atoms with Crippen molar-refractivity contribution in [2.45, 2.75) is 19.8 Å². The molecule has 0 saturated heterocycles. The minimum atomic E-state index is -0.510. The van der Waals surface area contributed by atoms with Gasteiger partial charge < -0.3 is 16.4 Å². The number of primary amides is 1. The standard InChI is InChI=1S/C16H18N4O/c1-10-4-5-14-11(7-10)3-2-6-20(14)16-13(15(18)21)8-12(17)9-19-16/h4-5,7-9H,2-3,6,17H2,1H3,(H2,18,21). The second kappa shape index (κ2) is 5.09. The second-order valence-corrected chi connectivity index (χ2v) is 5.39. The number of carbonyl (C=O) groups is 1. The molecule has 1 aromatic heterocycles. The molecule has 3 rings (SSSR count). The van der Waals surface area contributed by atoms with Gasteiger partial charge in [-0.2, -0.15) is 0 Å². The van der Waals surface area contributed by atoms with E-state index in [0.717, 1.165) is 25.1 Å². The van der Waals surface area contributed by atoms with Crippen LogP contribution in [0, 0.1) is 6.92 Å². The fraction of sp³-hybridized carbons (Fsp3) is 0.250. The third-order valence-electron chi connectivity index (χ3n) is 3.76. The number of benzene rings is 1. The Hall–Kier alpha value is -2.56. The van der Waals surface area contributed by atoms with E-state index in [-0.39, 0.29) is 0 Å². The van der Waals surface area contributed by atoms with E-state index in [2.05, 4.69) is 35.0 Å². The summed E-state index contributed by atoms with van der Waals surface area (Å²) in [6, 6.07) is 7.92. The van der Waals surface area contributed by atoms with Crippen molar-refractivity contribution in [2.75, 3.05) is 17.2 Å². The van der Waals surface area contributed by atoms with Crippen molar-refractivity contribution < 1.29 is 4.79 Å². The molecule has 0 unspecified atom stereocenters. The van der Waals surface area contributed by atoms with E-state index in [4.69, 9.17) is 11.5 Å². The first kappa shape index (κ1) is 13.4. The first-order valence-electron chi connectivity index (χ1n) is 6.98. The molecule has 0 aliphatic carbocycles. The Kier molecular flexibility index (Phi) is 3.25. The lowest BCUT2D eigenvalue weighted by Crippen LogP contribution is -2.28. The highest BCUT2D eigenvalue weighted by atomic mass is 16.1. The molecule has 21 heavy (non-hydrogen) atoms. The molecule has 4 N–H and O–H groups in total. The van der Waals surface area contributed by atoms with E-state index in [1.54, 1.807) is 12.3 Å². The number of carbonyl (C=O) groups excluding carboxylic acids is 1. The monoisotopic (exact) mass is 282 g/mol. The van der Waals surface area contributed by atoms with Crippen molar-refractivity contribution in [2.24, 2.45) is 5.73 Å². The van der Waals surface area contributed by atoms with Gasteiger partial charge >= 0.3 is 0 Å². The molecule has 1 aromatic carbocycles. The van der Waals surface area contributed by atoms with Gasteiger partial charge in [0.1, 0.15) is 5.82 Å². The maximum atomic E-state index is 11.7. The SMILES string of the molecule is Cc1ccc2c(c1)CCCN2c1ncc(N)cc1C(N)=O. The van der Waals surface area contributed by atoms with E-state index in [1.807, 2.05) is 0 Å². The lowest BCUT2D eigenvalue weighted by atomic mass is 9.99. The molecule has 1 aliphatic heterocycles. The van der Waals surface area contributed by atoms with Crippen LogP contribution in [0.2, 0.25) is 0 Å². The normalized spacial score (nSPS) is 13.9. The molecule has 2 heterocycles. The predicted molar refractivity (Wildman–Crippen MR) is 83.7 cm³/mol. The van der Waals surface area contributed by atoms with Gasteiger partial charge in [-0.15, -0.1) is 0 Å². The molecule has 0 radical (unpaired) electrons. The minimum absolute atomic E-state index is 0.364. The number of rotatable bonds is 2. The molecule has 0 bridgehead atoms. The molecule has 0 atom stereocenters. The van der Waals surface area contributed by atoms with Crippen molar-refractivity contribution in [3.8, 4) is 0 Å². The number of aromatic nitrogens is 1. The van der Waals surface area contributed by atoms with E-state index in [1.165, 1.54) is 11.1 Å². The van der Waals surface area contributed by atoms with E-state index in [9.17, 15) is 4.79 Å². The summed E-state index contributed by atoms with van der Waals surface area (Å²) >= 11 is 0. The first-order valence-corrected chi connectivity index (χ1v) is 6.98. The van der Waals surface area contributed by atoms with Crippen LogP contribution in [0.15, 0.2) is 30.5 Å². The summed E-state index contributed by atoms with van der Waals surface area (Å²) in [6.07, 6.45) is 3.61. The van der Waals surface area contributed by atoms with Gasteiger partial charge in [-0.05, 0) is 37.5 Å². The molecule has 5 heteroatoms. The second-order valence-electron chi connectivity index (χ2n) is 5.39. The molecule has 5 nitrogen and oxygen atoms in total. The minimum Gasteiger partial charge on any atom is -0.397 e. The number of fused-ring (bicyclic) bond motifs is 1. The highest BCUT2D eigenvalue weighted by Crippen LogP contribution is 2.34. The van der Waals surface area contributed by atoms with Crippen molar-refractivity contribution in [1.29, 1.82) is 0 Å². The number of nitrogens with two attached hydrogens (primary N) is 2. The van der Waals surface area contributed by atoms with Gasteiger partial charge in [0.15, 0.2) is 0 Å². The average molecular weight is 282 g/mol. The van der Waals surface area contributed by atoms with Gasteiger partial charge in [0.25, 0.3) is 5.91 Å². The summed E-state index contributed by atoms with van der Waals surface area (Å²) in [7, 11) is 0. The van der Waals surface area contributed by atoms with E-state index in [0.29, 0.717) is 17.1 Å². The highest BCUT2D eigenvalue weighted by molar-refractivity contribution is 5.99. The van der Waals surface area contributed by atoms with Crippen LogP contribution in [0.5, 0.6) is 0 Å². The predicted octanol–water partition coefficient (Wildman–Crippen LogP) is 2.16. The third-order valence-corrected chi connectivity index (χ3v) is 3.76. The van der Waals surface area contributed by atoms with Gasteiger partial charge in [-0.3, -0.25) is 4.79 Å². The summed E-state index contributed by atoms with van der Waals surface area (Å²) in [6.45, 7) is 2.89. The Labute approximate surface area is 123 Å². The number of nitrogens with zero attached hydrogens (tertiary/aromatic N) is 2. The lowest BCUT2D eigenvalue weighted by molar-refractivity contribution is 0.100. The third kappa shape index (κ3) is 2.42. The molecular formula is C16H18N4O. The maximum absolute atomic E-state index is 11.7. The van der Waals surface area contributed by atoms with Crippen LogP contribution in [0.3, 0.4) is 0 Å². The molecule has 0 fully saturated rings. The molecule has 1 aliphatic rings. The summed E-state index contributed by atoms with van der Waals surface area (Å²) in [4.78, 5) is 18.1. The van der Waals surface area contributed by atoms with Crippen LogP contribution in [-0.4, -0.2) is 17.4 Å². The van der Waals surface area contributed by atoms with E-state index < -0.39 is 5.91 Å². The van der Waals surface area contributed by atoms with Crippen LogP contribution in [0.4, 0.5) is 17.2 Å². The zero-order valence-corrected chi connectivity index (χ0v) is 12.0. The number of nitrogen functional groups attached to an aromatic ring is 1. The summed E-state index contributed by atoms with van der Waals surface area (Å²) < 4.78 is 0. The van der Waals surface area contributed by atoms with Crippen LogP contribution < -0.4 is 16.4 Å². The van der Waals surface area contributed by atoms with Gasteiger partial charge in [-0.25, -0.2) is 4.98 Å². The van der Waals surface area contributed by atoms with Gasteiger partial charge in [0, 0.05) is 12.2 Å². The van der Waals surface area contributed by atoms with Crippen molar-refractivity contribution in [1.82, 2.24) is 4.98 Å². The first-order chi connectivity index (χ1) is 10.1. The molecule has 108 valence electrons. The average Bonchev–Trinajstić information content (AvgIpc) is 2.46. The van der Waals surface area contributed by atoms with Crippen molar-refractivity contribution in [3.05, 3.63) is 47.2 Å². The highest BCUT2D eigenvalue weighted by Gasteiger charge is 2.23. The fourth-order valence-corrected chi connectivity index (χ4v) is 2.82. The Morgan fingerprint density at radius 2 is 2.14 bits per heavy atom. The molecule has 0 saturated carbocycles. The number of hydrogen-bond donors (Lipinski definition) is 2. The molecular weight excluding hydrogens is 264 g/mol. The Morgan fingerprint density at radius 1 is 1.33 bits per heavy atom. The van der Waals surface area contributed by atoms with Crippen LogP contribution in [0.1, 0.15) is 27.9 Å². The van der Waals surface area contributed by atoms with Crippen LogP contribution in [0.25, 0.3) is 0 Å². The summed E-state index contributed by atoms with van der Waals surface area (Å²) in [5.74, 6) is 0.0746. The Morgan fingerprint density at radius 3 is 2.90 bits per heavy atom. The molecule has 2 aromatic rings.